The fourth-order valence-corrected chi connectivity index (χ4v) is 3.05. The van der Waals surface area contributed by atoms with Crippen LogP contribution >= 0.6 is 11.3 Å². The van der Waals surface area contributed by atoms with E-state index in [-0.39, 0.29) is 5.56 Å². The van der Waals surface area contributed by atoms with Crippen molar-refractivity contribution in [2.75, 3.05) is 0 Å². The number of aromatic nitrogens is 5. The molecule has 1 aromatic carbocycles. The lowest BCUT2D eigenvalue weighted by atomic mass is 10.2. The molecule has 0 aliphatic rings. The van der Waals surface area contributed by atoms with Crippen molar-refractivity contribution >= 4 is 22.2 Å². The molecule has 0 spiro atoms. The van der Waals surface area contributed by atoms with E-state index in [1.807, 2.05) is 35.7 Å². The normalized spacial score (nSPS) is 11.0. The SMILES string of the molecule is O=c1c2ccccc2nnn1Cc1csc(-c2ccccn2)n1. The number of benzene rings is 1. The topological polar surface area (TPSA) is 73.6 Å². The third kappa shape index (κ3) is 2.62. The highest BCUT2D eigenvalue weighted by atomic mass is 32.1. The monoisotopic (exact) mass is 321 g/mol. The number of rotatable bonds is 3. The first-order valence-corrected chi connectivity index (χ1v) is 7.87. The standard InChI is InChI=1S/C16H11N5OS/c22-16-12-5-1-2-6-13(12)19-20-21(16)9-11-10-23-15(18-11)14-7-3-4-8-17-14/h1-8,10H,9H2. The Morgan fingerprint density at radius 2 is 1.96 bits per heavy atom. The fourth-order valence-electron chi connectivity index (χ4n) is 2.27. The van der Waals surface area contributed by atoms with Crippen LogP contribution in [0, 0.1) is 0 Å². The van der Waals surface area contributed by atoms with Crippen LogP contribution in [0.3, 0.4) is 0 Å². The van der Waals surface area contributed by atoms with Gasteiger partial charge < -0.3 is 0 Å². The second-order valence-corrected chi connectivity index (χ2v) is 5.79. The van der Waals surface area contributed by atoms with E-state index in [4.69, 9.17) is 0 Å². The van der Waals surface area contributed by atoms with Crippen molar-refractivity contribution in [1.82, 2.24) is 25.0 Å². The predicted molar refractivity (Wildman–Crippen MR) is 88.2 cm³/mol. The Morgan fingerprint density at radius 3 is 2.83 bits per heavy atom. The first-order chi connectivity index (χ1) is 11.3. The van der Waals surface area contributed by atoms with Crippen LogP contribution in [0.2, 0.25) is 0 Å². The molecule has 0 N–H and O–H groups in total. The van der Waals surface area contributed by atoms with E-state index in [9.17, 15) is 4.79 Å². The molecule has 0 radical (unpaired) electrons. The molecule has 0 aliphatic heterocycles. The lowest BCUT2D eigenvalue weighted by Crippen LogP contribution is -2.24. The number of nitrogens with zero attached hydrogens (tertiary/aromatic N) is 5. The van der Waals surface area contributed by atoms with Gasteiger partial charge in [-0.2, -0.15) is 0 Å². The summed E-state index contributed by atoms with van der Waals surface area (Å²) in [7, 11) is 0. The van der Waals surface area contributed by atoms with Crippen LogP contribution in [0.1, 0.15) is 5.69 Å². The number of hydrogen-bond donors (Lipinski definition) is 0. The van der Waals surface area contributed by atoms with Gasteiger partial charge in [0.05, 0.1) is 23.3 Å². The second kappa shape index (κ2) is 5.69. The average molecular weight is 321 g/mol. The van der Waals surface area contributed by atoms with E-state index in [1.165, 1.54) is 16.0 Å². The summed E-state index contributed by atoms with van der Waals surface area (Å²) in [5.74, 6) is 0. The van der Waals surface area contributed by atoms with E-state index in [0.29, 0.717) is 17.4 Å². The molecule has 0 unspecified atom stereocenters. The minimum atomic E-state index is -0.164. The van der Waals surface area contributed by atoms with Crippen molar-refractivity contribution < 1.29 is 0 Å². The Labute approximate surface area is 135 Å². The van der Waals surface area contributed by atoms with E-state index < -0.39 is 0 Å². The molecule has 0 saturated carbocycles. The van der Waals surface area contributed by atoms with Crippen LogP contribution in [0.25, 0.3) is 21.6 Å². The molecule has 4 rings (SSSR count). The van der Waals surface area contributed by atoms with Gasteiger partial charge in [-0.25, -0.2) is 9.67 Å². The third-order valence-electron chi connectivity index (χ3n) is 3.38. The molecule has 0 atom stereocenters. The molecular weight excluding hydrogens is 310 g/mol. The van der Waals surface area contributed by atoms with Gasteiger partial charge in [0.2, 0.25) is 0 Å². The molecule has 0 amide bonds. The molecular formula is C16H11N5OS. The van der Waals surface area contributed by atoms with Gasteiger partial charge in [-0.15, -0.1) is 16.4 Å². The van der Waals surface area contributed by atoms with Crippen molar-refractivity contribution in [1.29, 1.82) is 0 Å². The summed E-state index contributed by atoms with van der Waals surface area (Å²) in [5, 5.41) is 11.4. The van der Waals surface area contributed by atoms with Gasteiger partial charge in [0.25, 0.3) is 5.56 Å². The third-order valence-corrected chi connectivity index (χ3v) is 4.29. The summed E-state index contributed by atoms with van der Waals surface area (Å²) in [5.41, 5.74) is 2.02. The second-order valence-electron chi connectivity index (χ2n) is 4.93. The molecule has 3 heterocycles. The van der Waals surface area contributed by atoms with E-state index in [1.54, 1.807) is 18.3 Å². The Balaban J connectivity index is 1.68. The minimum Gasteiger partial charge on any atom is -0.267 e. The molecule has 6 nitrogen and oxygen atoms in total. The van der Waals surface area contributed by atoms with Gasteiger partial charge in [-0.1, -0.05) is 23.4 Å². The number of fused-ring (bicyclic) bond motifs is 1. The molecule has 7 heteroatoms. The highest BCUT2D eigenvalue weighted by molar-refractivity contribution is 7.13. The quantitative estimate of drug-likeness (QED) is 0.579. The van der Waals surface area contributed by atoms with Crippen LogP contribution in [-0.2, 0) is 6.54 Å². The van der Waals surface area contributed by atoms with E-state index in [0.717, 1.165) is 16.4 Å². The zero-order valence-electron chi connectivity index (χ0n) is 12.0. The summed E-state index contributed by atoms with van der Waals surface area (Å²) < 4.78 is 1.33. The Hall–Kier alpha value is -2.93. The molecule has 0 bridgehead atoms. The molecule has 0 saturated heterocycles. The molecule has 0 aliphatic carbocycles. The van der Waals surface area contributed by atoms with E-state index >= 15 is 0 Å². The van der Waals surface area contributed by atoms with Crippen LogP contribution in [0.15, 0.2) is 58.8 Å². The highest BCUT2D eigenvalue weighted by Gasteiger charge is 2.09. The summed E-state index contributed by atoms with van der Waals surface area (Å²) in [6.07, 6.45) is 1.73. The van der Waals surface area contributed by atoms with Gasteiger partial charge in [-0.3, -0.25) is 9.78 Å². The predicted octanol–water partition coefficient (Wildman–Crippen LogP) is 2.36. The Kier molecular flexibility index (Phi) is 3.39. The molecule has 3 aromatic heterocycles. The van der Waals surface area contributed by atoms with Crippen LogP contribution in [0.5, 0.6) is 0 Å². The van der Waals surface area contributed by atoms with E-state index in [2.05, 4.69) is 20.3 Å². The summed E-state index contributed by atoms with van der Waals surface area (Å²) in [4.78, 5) is 21.2. The summed E-state index contributed by atoms with van der Waals surface area (Å²) >= 11 is 1.49. The van der Waals surface area contributed by atoms with Crippen LogP contribution in [0.4, 0.5) is 0 Å². The van der Waals surface area contributed by atoms with Crippen molar-refractivity contribution in [3.63, 3.8) is 0 Å². The lowest BCUT2D eigenvalue weighted by molar-refractivity contribution is 0.594. The van der Waals surface area contributed by atoms with Gasteiger partial charge in [0, 0.05) is 11.6 Å². The Bertz CT molecular complexity index is 1030. The lowest BCUT2D eigenvalue weighted by Gasteiger charge is -2.02. The van der Waals surface area contributed by atoms with Crippen LogP contribution < -0.4 is 5.56 Å². The molecule has 0 fully saturated rings. The van der Waals surface area contributed by atoms with Crippen molar-refractivity contribution in [2.24, 2.45) is 0 Å². The fraction of sp³-hybridized carbons (Fsp3) is 0.0625. The number of hydrogen-bond acceptors (Lipinski definition) is 6. The average Bonchev–Trinajstić information content (AvgIpc) is 3.07. The van der Waals surface area contributed by atoms with Gasteiger partial charge >= 0.3 is 0 Å². The summed E-state index contributed by atoms with van der Waals surface area (Å²) in [6, 6.07) is 12.9. The summed E-state index contributed by atoms with van der Waals surface area (Å²) in [6.45, 7) is 0.292. The maximum absolute atomic E-state index is 12.4. The van der Waals surface area contributed by atoms with Gasteiger partial charge in [0.1, 0.15) is 10.5 Å². The smallest absolute Gasteiger partial charge is 0.267 e. The highest BCUT2D eigenvalue weighted by Crippen LogP contribution is 2.21. The minimum absolute atomic E-state index is 0.164. The Morgan fingerprint density at radius 1 is 1.09 bits per heavy atom. The van der Waals surface area contributed by atoms with Crippen molar-refractivity contribution in [2.45, 2.75) is 6.54 Å². The van der Waals surface area contributed by atoms with Crippen molar-refractivity contribution in [3.05, 3.63) is 70.1 Å². The zero-order chi connectivity index (χ0) is 15.6. The maximum Gasteiger partial charge on any atom is 0.277 e. The van der Waals surface area contributed by atoms with Crippen molar-refractivity contribution in [3.8, 4) is 10.7 Å². The largest absolute Gasteiger partial charge is 0.277 e. The number of pyridine rings is 1. The number of thiazole rings is 1. The maximum atomic E-state index is 12.4. The first-order valence-electron chi connectivity index (χ1n) is 6.99. The zero-order valence-corrected chi connectivity index (χ0v) is 12.8. The molecule has 4 aromatic rings. The van der Waals surface area contributed by atoms with Crippen LogP contribution in [-0.4, -0.2) is 25.0 Å². The van der Waals surface area contributed by atoms with Gasteiger partial charge in [0.15, 0.2) is 0 Å². The first kappa shape index (κ1) is 13.7. The molecule has 23 heavy (non-hydrogen) atoms. The van der Waals surface area contributed by atoms with Gasteiger partial charge in [-0.05, 0) is 24.3 Å². The molecule has 112 valence electrons.